The van der Waals surface area contributed by atoms with Crippen molar-refractivity contribution in [2.45, 2.75) is 395 Å². The van der Waals surface area contributed by atoms with E-state index in [2.05, 4.69) is 381 Å². The number of aryl methyl sites for hydroxylation is 1. The van der Waals surface area contributed by atoms with Gasteiger partial charge in [-0.05, 0) is 243 Å². The van der Waals surface area contributed by atoms with Crippen molar-refractivity contribution in [3.8, 4) is 5.88 Å². The number of imidazole rings is 1. The molecular weight excluding hydrogens is 1450 g/mol. The van der Waals surface area contributed by atoms with Crippen molar-refractivity contribution in [1.29, 1.82) is 0 Å². The van der Waals surface area contributed by atoms with Gasteiger partial charge in [-0.1, -0.05) is 52.9 Å². The second kappa shape index (κ2) is 42.6. The molecule has 638 valence electrons. The van der Waals surface area contributed by atoms with Crippen molar-refractivity contribution >= 4 is 44.9 Å². The van der Waals surface area contributed by atoms with Crippen LogP contribution in [0, 0.1) is 0 Å². The number of nitrogens with zero attached hydrogens (tertiary/aromatic N) is 14. The number of anilines is 4. The average molecular weight is 1610 g/mol. The summed E-state index contributed by atoms with van der Waals surface area (Å²) in [7, 11) is 6.76. The zero-order valence-electron chi connectivity index (χ0n) is 79.1. The second-order valence-corrected chi connectivity index (χ2v) is 40.2. The van der Waals surface area contributed by atoms with Gasteiger partial charge >= 0.3 is 5.88 Å². The number of fused-ring (bicyclic) bond motifs is 7. The molecule has 0 saturated carbocycles. The summed E-state index contributed by atoms with van der Waals surface area (Å²) in [5, 5.41) is 7.64. The summed E-state index contributed by atoms with van der Waals surface area (Å²) in [6.07, 6.45) is 25.1. The van der Waals surface area contributed by atoms with Crippen molar-refractivity contribution in [3.05, 3.63) is 128 Å². The van der Waals surface area contributed by atoms with Gasteiger partial charge in [-0.2, -0.15) is 23.0 Å². The van der Waals surface area contributed by atoms with Gasteiger partial charge in [0.15, 0.2) is 90.0 Å². The molecule has 0 aromatic carbocycles. The second-order valence-electron chi connectivity index (χ2n) is 38.1. The Bertz CT molecular complexity index is 3970. The summed E-state index contributed by atoms with van der Waals surface area (Å²) in [6, 6.07) is 20.4. The van der Waals surface area contributed by atoms with Crippen LogP contribution in [0.15, 0.2) is 67.4 Å². The first kappa shape index (κ1) is 95.2. The zero-order chi connectivity index (χ0) is 84.8. The molecule has 0 unspecified atom stereocenters. The molecule has 5 aliphatic heterocycles. The topological polar surface area (TPSA) is 83.3 Å². The highest BCUT2D eigenvalue weighted by atomic mass is 32.1. The molecule has 7 aromatic heterocycles. The number of aromatic nitrogens is 9. The molecule has 2 aliphatic carbocycles. The number of quaternary nitrogens is 1. The molecule has 17 nitrogen and oxygen atoms in total. The summed E-state index contributed by atoms with van der Waals surface area (Å²) < 4.78 is 28.6. The Balaban J connectivity index is 0.000000181. The van der Waals surface area contributed by atoms with Gasteiger partial charge in [-0.15, -0.1) is 8.64 Å². The Hall–Kier alpha value is -5.99. The molecule has 7 aromatic rings. The lowest BCUT2D eigenvalue weighted by atomic mass is 10.0. The third kappa shape index (κ3) is 23.3. The zero-order valence-corrected chi connectivity index (χ0v) is 80.7. The minimum absolute atomic E-state index is 0.432. The molecule has 14 rings (SSSR count). The van der Waals surface area contributed by atoms with E-state index in [0.29, 0.717) is 84.2 Å². The van der Waals surface area contributed by atoms with Crippen molar-refractivity contribution in [3.63, 3.8) is 0 Å². The van der Waals surface area contributed by atoms with E-state index in [0.717, 1.165) is 61.5 Å². The van der Waals surface area contributed by atoms with Crippen LogP contribution in [-0.2, 0) is 65.0 Å². The molecule has 12 heterocycles. The molecule has 0 amide bonds. The van der Waals surface area contributed by atoms with Gasteiger partial charge in [-0.3, -0.25) is 0 Å². The maximum atomic E-state index is 5.82. The third-order valence-electron chi connectivity index (χ3n) is 24.2. The van der Waals surface area contributed by atoms with E-state index in [1.54, 1.807) is 32.5 Å². The fourth-order valence-corrected chi connectivity index (χ4v) is 19.8. The van der Waals surface area contributed by atoms with Crippen LogP contribution in [0.5, 0.6) is 5.88 Å². The van der Waals surface area contributed by atoms with Crippen LogP contribution in [-0.4, -0.2) is 102 Å². The lowest BCUT2D eigenvalue weighted by molar-refractivity contribution is -0.931. The number of thiazole rings is 1. The monoisotopic (exact) mass is 1610 g/mol. The van der Waals surface area contributed by atoms with Crippen LogP contribution >= 0.6 is 22.9 Å². The van der Waals surface area contributed by atoms with Gasteiger partial charge in [0, 0.05) is 105 Å². The third-order valence-corrected chi connectivity index (χ3v) is 27.2. The average Bonchev–Trinajstić information content (AvgIpc) is 1.62. The van der Waals surface area contributed by atoms with Crippen molar-refractivity contribution in [2.24, 2.45) is 7.05 Å². The Morgan fingerprint density at radius 3 is 1.60 bits per heavy atom. The summed E-state index contributed by atoms with van der Waals surface area (Å²) in [5.74, 6) is 4.50. The molecule has 7 aliphatic rings. The number of hydrogen-bond donors (Lipinski definition) is 2. The smallest absolute Gasteiger partial charge is 0.392 e. The molecule has 19 heteroatoms. The molecule has 0 saturated heterocycles. The normalized spacial score (nSPS) is 15.5. The van der Waals surface area contributed by atoms with Crippen molar-refractivity contribution < 1.29 is 40.7 Å². The van der Waals surface area contributed by atoms with E-state index < -0.39 is 0 Å². The van der Waals surface area contributed by atoms with Gasteiger partial charge in [0.05, 0.1) is 73.9 Å². The van der Waals surface area contributed by atoms with Crippen LogP contribution in [0.3, 0.4) is 0 Å². The van der Waals surface area contributed by atoms with Crippen LogP contribution < -0.4 is 61.9 Å². The first-order valence-electron chi connectivity index (χ1n) is 45.1. The van der Waals surface area contributed by atoms with E-state index in [-0.39, 0.29) is 0 Å². The molecule has 0 radical (unpaired) electrons. The lowest BCUT2D eigenvalue weighted by Crippen LogP contribution is -2.52. The molecule has 0 spiro atoms. The van der Waals surface area contributed by atoms with Crippen molar-refractivity contribution in [1.82, 2.24) is 19.7 Å². The van der Waals surface area contributed by atoms with Gasteiger partial charge < -0.3 is 29.5 Å². The number of nitrogens with one attached hydrogen (secondary N) is 2. The molecular formula is C95H168N16OS2+8. The van der Waals surface area contributed by atoms with Gasteiger partial charge in [0.1, 0.15) is 29.9 Å². The van der Waals surface area contributed by atoms with Crippen LogP contribution in [0.4, 0.5) is 22.1 Å². The highest BCUT2D eigenvalue weighted by molar-refractivity contribution is 7.11. The highest BCUT2D eigenvalue weighted by Gasteiger charge is 2.38. The SMILES string of the molecule is CC(C)N1CCOc2c1ccc[n+]2C(C)C.CC(C)N1CCc2c(ccc[n+]2C(C)C)N1.CC(C)N1CCc2c[n+](C(C)C)sc21.CC(C)N1NCCc2c1ccc[n+]2C(C)C.CC(C)[N+](C)(C)C(C)C.CC(C)c1c2c(n(C(C)C)[n+]1C)CCC2.CC(C)c1c[n+](C(C)C)c2n1CCC2.CC(C)c1sc2c([n+]1C(C)C)CCC2. The van der Waals surface area contributed by atoms with Gasteiger partial charge in [0.2, 0.25) is 22.1 Å². The van der Waals surface area contributed by atoms with Crippen LogP contribution in [0.25, 0.3) is 0 Å². The van der Waals surface area contributed by atoms with E-state index in [9.17, 15) is 0 Å². The number of rotatable bonds is 16. The fraction of sp³-hybridized carbons (Fsp3) is 0.716. The maximum absolute atomic E-state index is 5.82. The summed E-state index contributed by atoms with van der Waals surface area (Å²) in [5.41, 5.74) is 23.1. The molecule has 114 heavy (non-hydrogen) atoms. The minimum Gasteiger partial charge on any atom is -0.441 e. The molecule has 2 N–H and O–H groups in total. The van der Waals surface area contributed by atoms with Crippen molar-refractivity contribution in [2.75, 3.05) is 67.1 Å². The van der Waals surface area contributed by atoms with Crippen LogP contribution in [0.2, 0.25) is 0 Å². The maximum Gasteiger partial charge on any atom is 0.392 e. The van der Waals surface area contributed by atoms with E-state index >= 15 is 0 Å². The fourth-order valence-electron chi connectivity index (χ4n) is 17.1. The predicted octanol–water partition coefficient (Wildman–Crippen LogP) is 18.6. The lowest BCUT2D eigenvalue weighted by Gasteiger charge is -2.38. The molecule has 0 bridgehead atoms. The van der Waals surface area contributed by atoms with Gasteiger partial charge in [0.25, 0.3) is 5.82 Å². The number of hydrazine groups is 2. The van der Waals surface area contributed by atoms with Crippen LogP contribution in [0.1, 0.15) is 362 Å². The predicted molar refractivity (Wildman–Crippen MR) is 482 cm³/mol. The highest BCUT2D eigenvalue weighted by Crippen LogP contribution is 2.36. The van der Waals surface area contributed by atoms with E-state index in [1.165, 1.54) is 121 Å². The summed E-state index contributed by atoms with van der Waals surface area (Å²) in [6.45, 7) is 78.5. The molecule has 0 atom stereocenters. The first-order valence-corrected chi connectivity index (χ1v) is 46.7. The first-order chi connectivity index (χ1) is 53.5. The number of ether oxygens (including phenoxy) is 1. The Kier molecular flexibility index (Phi) is 35.6. The largest absolute Gasteiger partial charge is 0.441 e. The summed E-state index contributed by atoms with van der Waals surface area (Å²) in [4.78, 5) is 6.57. The standard InChI is InChI=1S/2C13H22N3.C13H21N2O.C13H23N2.C12H21N2.C12H20NS.C11H19N2S.C8H20N/c1-10(2)15-9-5-6-13-12(15)7-8-14-16(13)11(3)4;1-10(2)15-8-5-6-12-13(15)7-9-16(14-12)11(3)4;1-10(2)14-8-9-16-13-12(14)6-5-7-15(13)11(3)4;1-9(2)13-11-7-6-8-12(11)15(10(3)4)14(13)5;1-9(2)11-8-14(10(3)4)12-6-5-7-13(11)12;1-8(2)12-13(9(3)4)10-6-5-7-11(10)14-12;1-8(2)12-6-5-10-7-13(9(3)4)14-11(10)12;1-7(2)9(5,6)8(3)4/h5-6,9-11,14H,7-8H2,1-4H3;5-6,8,10-11,14H,7,9H2,1-4H3;5-7,10-11H,8-9H2,1-4H3;9-10H,6-8H2,1-5H3;8-10H,5-7H2,1-4H3;8-9H,5-7H2,1-4H3;7-9H,5-6H2,1-4H3;7-8H,1-6H3/q8*+1. The van der Waals surface area contributed by atoms with E-state index in [1.807, 2.05) is 22.9 Å². The molecule has 0 fully saturated rings. The summed E-state index contributed by atoms with van der Waals surface area (Å²) >= 11 is 3.96. The Labute approximate surface area is 704 Å². The number of pyridine rings is 3. The number of hydrogen-bond acceptors (Lipinski definition) is 9. The Morgan fingerprint density at radius 1 is 0.482 bits per heavy atom. The Morgan fingerprint density at radius 2 is 1.07 bits per heavy atom. The quantitative estimate of drug-likeness (QED) is 0.0737. The van der Waals surface area contributed by atoms with Gasteiger partial charge in [-0.25, -0.2) is 19.6 Å². The minimum atomic E-state index is 0.432. The van der Waals surface area contributed by atoms with E-state index in [4.69, 9.17) is 4.74 Å².